The predicted octanol–water partition coefficient (Wildman–Crippen LogP) is 5.07. The van der Waals surface area contributed by atoms with Crippen LogP contribution in [-0.4, -0.2) is 69.6 Å². The fourth-order valence-electron chi connectivity index (χ4n) is 5.14. The van der Waals surface area contributed by atoms with Crippen molar-refractivity contribution in [2.24, 2.45) is 5.73 Å². The number of phenols is 1. The molecule has 0 saturated carbocycles. The smallest absolute Gasteiger partial charge is 0.408 e. The van der Waals surface area contributed by atoms with Gasteiger partial charge < -0.3 is 35.8 Å². The molecule has 49 heavy (non-hydrogen) atoms. The number of unbranched alkanes of at least 4 members (excludes halogenated alkanes) is 4. The summed E-state index contributed by atoms with van der Waals surface area (Å²) in [6.45, 7) is 12.2. The molecular formula is C37H54N4O8. The van der Waals surface area contributed by atoms with Gasteiger partial charge in [-0.25, -0.2) is 9.59 Å². The van der Waals surface area contributed by atoms with Crippen molar-refractivity contribution in [3.63, 3.8) is 0 Å². The molecule has 0 saturated heterocycles. The van der Waals surface area contributed by atoms with E-state index in [0.717, 1.165) is 31.2 Å². The van der Waals surface area contributed by atoms with Crippen LogP contribution >= 0.6 is 0 Å². The third-order valence-corrected chi connectivity index (χ3v) is 7.22. The van der Waals surface area contributed by atoms with Gasteiger partial charge in [-0.2, -0.15) is 0 Å². The number of ether oxygens (including phenoxy) is 2. The lowest BCUT2D eigenvalue weighted by atomic mass is 9.99. The van der Waals surface area contributed by atoms with E-state index in [1.54, 1.807) is 47.6 Å². The molecular weight excluding hydrogens is 628 g/mol. The summed E-state index contributed by atoms with van der Waals surface area (Å²) in [4.78, 5) is 68.6. The summed E-state index contributed by atoms with van der Waals surface area (Å²) in [5.41, 5.74) is 4.77. The minimum Gasteiger partial charge on any atom is -0.508 e. The molecule has 0 radical (unpaired) electrons. The Morgan fingerprint density at radius 3 is 2.02 bits per heavy atom. The van der Waals surface area contributed by atoms with Crippen molar-refractivity contribution in [2.45, 2.75) is 123 Å². The van der Waals surface area contributed by atoms with Crippen LogP contribution in [0.2, 0.25) is 0 Å². The summed E-state index contributed by atoms with van der Waals surface area (Å²) in [5.74, 6) is -3.17. The number of alkyl carbamates (subject to hydrolysis) is 1. The molecule has 0 aliphatic carbocycles. The van der Waals surface area contributed by atoms with Gasteiger partial charge in [0, 0.05) is 13.0 Å². The second kappa shape index (κ2) is 18.8. The second-order valence-corrected chi connectivity index (χ2v) is 14.1. The van der Waals surface area contributed by atoms with Crippen molar-refractivity contribution in [1.29, 1.82) is 0 Å². The lowest BCUT2D eigenvalue weighted by Crippen LogP contribution is -2.55. The molecule has 5 N–H and O–H groups in total. The molecule has 12 nitrogen and oxygen atoms in total. The molecule has 2 aromatic carbocycles. The van der Waals surface area contributed by atoms with Crippen LogP contribution in [0.1, 0.15) is 104 Å². The van der Waals surface area contributed by atoms with E-state index in [4.69, 9.17) is 15.2 Å². The van der Waals surface area contributed by atoms with E-state index < -0.39 is 65.5 Å². The quantitative estimate of drug-likeness (QED) is 0.132. The number of nitrogens with one attached hydrogen (secondary N) is 2. The Morgan fingerprint density at radius 1 is 0.816 bits per heavy atom. The minimum absolute atomic E-state index is 0.0529. The highest BCUT2D eigenvalue weighted by molar-refractivity contribution is 5.95. The number of hydrogen-bond donors (Lipinski definition) is 4. The van der Waals surface area contributed by atoms with Gasteiger partial charge in [-0.1, -0.05) is 75.1 Å². The van der Waals surface area contributed by atoms with Crippen molar-refractivity contribution >= 4 is 29.8 Å². The lowest BCUT2D eigenvalue weighted by molar-refractivity contribution is -0.159. The van der Waals surface area contributed by atoms with Gasteiger partial charge in [0.25, 0.3) is 0 Å². The molecule has 2 rings (SSSR count). The first-order chi connectivity index (χ1) is 22.9. The molecule has 0 fully saturated rings. The topological polar surface area (TPSA) is 177 Å². The normalized spacial score (nSPS) is 13.4. The number of esters is 1. The number of nitrogens with two attached hydrogens (primary N) is 1. The van der Waals surface area contributed by atoms with Gasteiger partial charge in [0.2, 0.25) is 17.7 Å². The van der Waals surface area contributed by atoms with Gasteiger partial charge >= 0.3 is 12.1 Å². The largest absolute Gasteiger partial charge is 0.508 e. The molecule has 0 aliphatic rings. The summed E-state index contributed by atoms with van der Waals surface area (Å²) in [6, 6.07) is 11.0. The average Bonchev–Trinajstić information content (AvgIpc) is 2.98. The van der Waals surface area contributed by atoms with Gasteiger partial charge in [-0.15, -0.1) is 0 Å². The first kappa shape index (κ1) is 40.6. The van der Waals surface area contributed by atoms with Crippen LogP contribution < -0.4 is 16.4 Å². The van der Waals surface area contributed by atoms with E-state index in [1.807, 2.05) is 30.3 Å². The molecule has 0 aromatic heterocycles. The minimum atomic E-state index is -1.47. The number of nitrogens with zero attached hydrogens (tertiary/aromatic N) is 1. The highest BCUT2D eigenvalue weighted by Gasteiger charge is 2.39. The van der Waals surface area contributed by atoms with E-state index in [-0.39, 0.29) is 24.3 Å². The van der Waals surface area contributed by atoms with Crippen molar-refractivity contribution in [3.8, 4) is 5.75 Å². The number of phenolic OH excluding ortho intramolecular Hbond substituents is 1. The van der Waals surface area contributed by atoms with Crippen LogP contribution in [0.25, 0.3) is 0 Å². The highest BCUT2D eigenvalue weighted by Crippen LogP contribution is 2.27. The molecule has 0 spiro atoms. The summed E-state index contributed by atoms with van der Waals surface area (Å²) in [6.07, 6.45) is 2.68. The second-order valence-electron chi connectivity index (χ2n) is 14.1. The lowest BCUT2D eigenvalue weighted by Gasteiger charge is -2.35. The fourth-order valence-corrected chi connectivity index (χ4v) is 5.14. The zero-order valence-electron chi connectivity index (χ0n) is 29.9. The van der Waals surface area contributed by atoms with Gasteiger partial charge in [0.15, 0.2) is 0 Å². The maximum Gasteiger partial charge on any atom is 0.408 e. The number of carbonyl (C=O) groups excluding carboxylic acids is 5. The van der Waals surface area contributed by atoms with E-state index in [2.05, 4.69) is 17.6 Å². The predicted molar refractivity (Wildman–Crippen MR) is 186 cm³/mol. The molecule has 12 heteroatoms. The van der Waals surface area contributed by atoms with E-state index in [1.165, 1.54) is 23.1 Å². The highest BCUT2D eigenvalue weighted by atomic mass is 16.6. The molecule has 0 heterocycles. The number of benzene rings is 2. The Bertz CT molecular complexity index is 1400. The Labute approximate surface area is 290 Å². The van der Waals surface area contributed by atoms with Crippen molar-refractivity contribution in [3.05, 3.63) is 65.7 Å². The Balaban J connectivity index is 2.64. The summed E-state index contributed by atoms with van der Waals surface area (Å²) < 4.78 is 11.0. The van der Waals surface area contributed by atoms with Gasteiger partial charge in [0.1, 0.15) is 35.1 Å². The number of primary amides is 1. The number of rotatable bonds is 17. The third-order valence-electron chi connectivity index (χ3n) is 7.22. The van der Waals surface area contributed by atoms with E-state index >= 15 is 0 Å². The van der Waals surface area contributed by atoms with Gasteiger partial charge in [0.05, 0.1) is 6.42 Å². The van der Waals surface area contributed by atoms with Gasteiger partial charge in [-0.3, -0.25) is 14.4 Å². The standard InChI is InChI=1S/C37H54N4O8/c1-8-9-10-11-15-21-41(33(45)28(24-30(38)43)40-35(47)49-37(5,6)7)31(26-19-16-20-27(42)23-26)32(44)39-29(34(46)48-36(2,3)4)22-25-17-13-12-14-18-25/h12-14,16-20,23,28-29,31,42H,8-11,15,21-22,24H2,1-7H3,(H2,38,43)(H,39,44)(H,40,47). The molecule has 0 bridgehead atoms. The molecule has 0 aliphatic heterocycles. The monoisotopic (exact) mass is 682 g/mol. The maximum atomic E-state index is 14.5. The number of hydrogen-bond acceptors (Lipinski definition) is 8. The van der Waals surface area contributed by atoms with E-state index in [9.17, 15) is 29.1 Å². The van der Waals surface area contributed by atoms with Crippen LogP contribution in [0, 0.1) is 0 Å². The zero-order chi connectivity index (χ0) is 36.8. The van der Waals surface area contributed by atoms with Crippen LogP contribution in [-0.2, 0) is 35.1 Å². The number of carbonyl (C=O) groups is 5. The zero-order valence-corrected chi connectivity index (χ0v) is 29.9. The van der Waals surface area contributed by atoms with Crippen molar-refractivity contribution in [1.82, 2.24) is 15.5 Å². The summed E-state index contributed by atoms with van der Waals surface area (Å²) in [5, 5.41) is 15.7. The SMILES string of the molecule is CCCCCCCN(C(=O)C(CC(N)=O)NC(=O)OC(C)(C)C)C(C(=O)NC(Cc1ccccc1)C(=O)OC(C)(C)C)c1cccc(O)c1. The van der Waals surface area contributed by atoms with Crippen LogP contribution in [0.15, 0.2) is 54.6 Å². The summed E-state index contributed by atoms with van der Waals surface area (Å²) >= 11 is 0. The molecule has 3 atom stereocenters. The van der Waals surface area contributed by atoms with Crippen molar-refractivity contribution in [2.75, 3.05) is 6.54 Å². The first-order valence-corrected chi connectivity index (χ1v) is 16.8. The van der Waals surface area contributed by atoms with E-state index in [0.29, 0.717) is 6.42 Å². The Hall–Kier alpha value is -4.61. The Kier molecular flexibility index (Phi) is 15.6. The summed E-state index contributed by atoms with van der Waals surface area (Å²) in [7, 11) is 0. The Morgan fingerprint density at radius 2 is 1.45 bits per heavy atom. The van der Waals surface area contributed by atoms with Crippen LogP contribution in [0.3, 0.4) is 0 Å². The van der Waals surface area contributed by atoms with Crippen LogP contribution in [0.4, 0.5) is 4.79 Å². The molecule has 4 amide bonds. The van der Waals surface area contributed by atoms with Crippen LogP contribution in [0.5, 0.6) is 5.75 Å². The first-order valence-electron chi connectivity index (χ1n) is 16.8. The average molecular weight is 683 g/mol. The van der Waals surface area contributed by atoms with Gasteiger partial charge in [-0.05, 0) is 71.2 Å². The number of aromatic hydroxyl groups is 1. The fraction of sp³-hybridized carbons (Fsp3) is 0.541. The molecule has 2 aromatic rings. The van der Waals surface area contributed by atoms with Crippen molar-refractivity contribution < 1.29 is 38.6 Å². The third kappa shape index (κ3) is 15.0. The number of amides is 4. The molecule has 270 valence electrons. The maximum absolute atomic E-state index is 14.5. The molecule has 3 unspecified atom stereocenters.